The fraction of sp³-hybridized carbons (Fsp3) is 0.185. The van der Waals surface area contributed by atoms with E-state index in [4.69, 9.17) is 21.7 Å². The number of hydrogen-bond acceptors (Lipinski definition) is 6. The van der Waals surface area contributed by atoms with Crippen LogP contribution in [-0.2, 0) is 11.4 Å². The van der Waals surface area contributed by atoms with Gasteiger partial charge in [-0.05, 0) is 60.5 Å². The van der Waals surface area contributed by atoms with Gasteiger partial charge < -0.3 is 14.4 Å². The Balaban J connectivity index is 1.54. The van der Waals surface area contributed by atoms with Crippen molar-refractivity contribution in [2.45, 2.75) is 13.5 Å². The molecule has 1 aliphatic heterocycles. The second-order valence-corrected chi connectivity index (χ2v) is 9.52. The van der Waals surface area contributed by atoms with Crippen LogP contribution >= 0.6 is 24.0 Å². The fourth-order valence-corrected chi connectivity index (χ4v) is 4.78. The summed E-state index contributed by atoms with van der Waals surface area (Å²) in [6, 6.07) is 23.4. The lowest BCUT2D eigenvalue weighted by molar-refractivity contribution is -0.113. The largest absolute Gasteiger partial charge is 0.490 e. The molecule has 7 heteroatoms. The molecule has 5 nitrogen and oxygen atoms in total. The van der Waals surface area contributed by atoms with E-state index in [1.165, 1.54) is 11.8 Å². The molecule has 0 unspecified atom stereocenters. The molecule has 174 valence electrons. The Bertz CT molecular complexity index is 1210. The van der Waals surface area contributed by atoms with Crippen LogP contribution in [0, 0.1) is 0 Å². The van der Waals surface area contributed by atoms with Crippen LogP contribution in [0.2, 0.25) is 0 Å². The Labute approximate surface area is 210 Å². The monoisotopic (exact) mass is 490 g/mol. The summed E-state index contributed by atoms with van der Waals surface area (Å²) in [7, 11) is 3.96. The van der Waals surface area contributed by atoms with E-state index in [1.54, 1.807) is 4.90 Å². The number of anilines is 2. The zero-order chi connectivity index (χ0) is 24.1. The SMILES string of the molecule is CCOc1cc(/C=C2/SC(=S)N(c3ccc(N(C)C)cc3)C2=O)ccc1OCc1ccccc1. The first kappa shape index (κ1) is 23.9. The van der Waals surface area contributed by atoms with Crippen molar-refractivity contribution in [3.05, 3.63) is 88.8 Å². The van der Waals surface area contributed by atoms with E-state index in [1.807, 2.05) is 105 Å². The van der Waals surface area contributed by atoms with E-state index < -0.39 is 0 Å². The van der Waals surface area contributed by atoms with Gasteiger partial charge in [-0.15, -0.1) is 0 Å². The van der Waals surface area contributed by atoms with Gasteiger partial charge in [-0.1, -0.05) is 60.4 Å². The number of amides is 1. The van der Waals surface area contributed by atoms with Gasteiger partial charge in [0.1, 0.15) is 6.61 Å². The van der Waals surface area contributed by atoms with E-state index in [2.05, 4.69) is 0 Å². The molecule has 3 aromatic carbocycles. The van der Waals surface area contributed by atoms with Crippen molar-refractivity contribution in [3.8, 4) is 11.5 Å². The number of carbonyl (C=O) groups is 1. The van der Waals surface area contributed by atoms with Crippen LogP contribution in [0.15, 0.2) is 77.7 Å². The van der Waals surface area contributed by atoms with Gasteiger partial charge in [0.05, 0.1) is 17.2 Å². The number of thiocarbonyl (C=S) groups is 1. The molecule has 1 amide bonds. The van der Waals surface area contributed by atoms with Gasteiger partial charge in [-0.25, -0.2) is 0 Å². The molecule has 1 fully saturated rings. The maximum atomic E-state index is 13.2. The standard InChI is InChI=1S/C27H26N2O3S2/c1-4-31-24-16-20(10-15-23(24)32-18-19-8-6-5-7-9-19)17-25-26(30)29(27(33)34-25)22-13-11-21(12-14-22)28(2)3/h5-17H,4,18H2,1-3H3/b25-17+. The quantitative estimate of drug-likeness (QED) is 0.279. The summed E-state index contributed by atoms with van der Waals surface area (Å²) in [6.07, 6.45) is 1.84. The molecule has 0 aliphatic carbocycles. The topological polar surface area (TPSA) is 42.0 Å². The number of carbonyl (C=O) groups excluding carboxylic acids is 1. The van der Waals surface area contributed by atoms with Crippen LogP contribution in [0.5, 0.6) is 11.5 Å². The first-order valence-electron chi connectivity index (χ1n) is 10.9. The van der Waals surface area contributed by atoms with Crippen LogP contribution in [0.1, 0.15) is 18.1 Å². The second-order valence-electron chi connectivity index (χ2n) is 7.84. The van der Waals surface area contributed by atoms with Crippen molar-refractivity contribution < 1.29 is 14.3 Å². The summed E-state index contributed by atoms with van der Waals surface area (Å²) < 4.78 is 12.3. The van der Waals surface area contributed by atoms with Crippen LogP contribution < -0.4 is 19.3 Å². The molecule has 0 spiro atoms. The molecular formula is C27H26N2O3S2. The van der Waals surface area contributed by atoms with Crippen LogP contribution in [0.3, 0.4) is 0 Å². The second kappa shape index (κ2) is 10.8. The molecule has 4 rings (SSSR count). The minimum absolute atomic E-state index is 0.130. The molecule has 3 aromatic rings. The predicted octanol–water partition coefficient (Wildman–Crippen LogP) is 6.14. The highest BCUT2D eigenvalue weighted by molar-refractivity contribution is 8.27. The number of hydrogen-bond donors (Lipinski definition) is 0. The molecule has 1 aliphatic rings. The molecule has 0 bridgehead atoms. The summed E-state index contributed by atoms with van der Waals surface area (Å²) in [5.74, 6) is 1.17. The van der Waals surface area contributed by atoms with Crippen molar-refractivity contribution in [1.82, 2.24) is 0 Å². The van der Waals surface area contributed by atoms with Gasteiger partial charge in [-0.2, -0.15) is 0 Å². The first-order valence-corrected chi connectivity index (χ1v) is 12.2. The highest BCUT2D eigenvalue weighted by Gasteiger charge is 2.33. The zero-order valence-electron chi connectivity index (χ0n) is 19.4. The van der Waals surface area contributed by atoms with Gasteiger partial charge >= 0.3 is 0 Å². The van der Waals surface area contributed by atoms with Gasteiger partial charge in [0.25, 0.3) is 5.91 Å². The Morgan fingerprint density at radius 3 is 2.38 bits per heavy atom. The van der Waals surface area contributed by atoms with Crippen LogP contribution in [0.4, 0.5) is 11.4 Å². The lowest BCUT2D eigenvalue weighted by atomic mass is 10.1. The summed E-state index contributed by atoms with van der Waals surface area (Å²) in [5.41, 5.74) is 3.74. The van der Waals surface area contributed by atoms with Crippen LogP contribution in [-0.4, -0.2) is 30.9 Å². The van der Waals surface area contributed by atoms with Gasteiger partial charge in [-0.3, -0.25) is 9.69 Å². The predicted molar refractivity (Wildman–Crippen MR) is 145 cm³/mol. The molecule has 1 saturated heterocycles. The number of nitrogens with zero attached hydrogens (tertiary/aromatic N) is 2. The number of benzene rings is 3. The Morgan fingerprint density at radius 2 is 1.71 bits per heavy atom. The summed E-state index contributed by atoms with van der Waals surface area (Å²) in [5, 5.41) is 0. The minimum Gasteiger partial charge on any atom is -0.490 e. The van der Waals surface area contributed by atoms with E-state index in [0.29, 0.717) is 33.9 Å². The smallest absolute Gasteiger partial charge is 0.270 e. The lowest BCUT2D eigenvalue weighted by Crippen LogP contribution is -2.27. The van der Waals surface area contributed by atoms with E-state index in [-0.39, 0.29) is 5.91 Å². The average Bonchev–Trinajstić information content (AvgIpc) is 3.12. The molecule has 0 radical (unpaired) electrons. The van der Waals surface area contributed by atoms with Crippen molar-refractivity contribution in [3.63, 3.8) is 0 Å². The maximum Gasteiger partial charge on any atom is 0.270 e. The molecule has 0 atom stereocenters. The van der Waals surface area contributed by atoms with Gasteiger partial charge in [0.2, 0.25) is 0 Å². The summed E-state index contributed by atoms with van der Waals surface area (Å²) in [4.78, 5) is 17.3. The summed E-state index contributed by atoms with van der Waals surface area (Å²) >= 11 is 6.82. The Hall–Kier alpha value is -3.29. The molecule has 34 heavy (non-hydrogen) atoms. The van der Waals surface area contributed by atoms with E-state index in [0.717, 1.165) is 22.5 Å². The molecular weight excluding hydrogens is 464 g/mol. The minimum atomic E-state index is -0.130. The number of thioether (sulfide) groups is 1. The molecule has 1 heterocycles. The fourth-order valence-electron chi connectivity index (χ4n) is 3.48. The zero-order valence-corrected chi connectivity index (χ0v) is 21.0. The third-order valence-electron chi connectivity index (χ3n) is 5.22. The maximum absolute atomic E-state index is 13.2. The normalized spacial score (nSPS) is 14.6. The highest BCUT2D eigenvalue weighted by Crippen LogP contribution is 2.37. The average molecular weight is 491 g/mol. The van der Waals surface area contributed by atoms with Crippen molar-refractivity contribution >= 4 is 51.7 Å². The van der Waals surface area contributed by atoms with Crippen LogP contribution in [0.25, 0.3) is 6.08 Å². The third-order valence-corrected chi connectivity index (χ3v) is 6.52. The van der Waals surface area contributed by atoms with Gasteiger partial charge in [0, 0.05) is 19.8 Å². The van der Waals surface area contributed by atoms with E-state index >= 15 is 0 Å². The highest BCUT2D eigenvalue weighted by atomic mass is 32.2. The molecule has 0 saturated carbocycles. The van der Waals surface area contributed by atoms with E-state index in [9.17, 15) is 4.79 Å². The Morgan fingerprint density at radius 1 is 0.971 bits per heavy atom. The summed E-state index contributed by atoms with van der Waals surface area (Å²) in [6.45, 7) is 2.89. The van der Waals surface area contributed by atoms with Crippen molar-refractivity contribution in [2.75, 3.05) is 30.5 Å². The van der Waals surface area contributed by atoms with Crippen molar-refractivity contribution in [1.29, 1.82) is 0 Å². The third kappa shape index (κ3) is 5.43. The Kier molecular flexibility index (Phi) is 7.55. The van der Waals surface area contributed by atoms with Crippen molar-refractivity contribution in [2.24, 2.45) is 0 Å². The lowest BCUT2D eigenvalue weighted by Gasteiger charge is -2.17. The van der Waals surface area contributed by atoms with Gasteiger partial charge in [0.15, 0.2) is 15.8 Å². The molecule has 0 N–H and O–H groups in total. The number of ether oxygens (including phenoxy) is 2. The first-order chi connectivity index (χ1) is 16.5. The molecule has 0 aromatic heterocycles. The number of rotatable bonds is 8.